The summed E-state index contributed by atoms with van der Waals surface area (Å²) < 4.78 is 0. The van der Waals surface area contributed by atoms with E-state index in [1.54, 1.807) is 0 Å². The van der Waals surface area contributed by atoms with Crippen molar-refractivity contribution in [1.29, 1.82) is 0 Å². The lowest BCUT2D eigenvalue weighted by atomic mass is 9.89. The molecule has 0 aromatic rings. The van der Waals surface area contributed by atoms with Crippen LogP contribution in [-0.4, -0.2) is 49.1 Å². The third kappa shape index (κ3) is 4.35. The minimum atomic E-state index is 0.362. The number of hydrogen-bond donors (Lipinski definition) is 0. The van der Waals surface area contributed by atoms with E-state index in [2.05, 4.69) is 37.1 Å². The minimum absolute atomic E-state index is 0.362. The van der Waals surface area contributed by atoms with Gasteiger partial charge in [0.1, 0.15) is 0 Å². The first kappa shape index (κ1) is 12.7. The molecular weight excluding hydrogens is 184 g/mol. The van der Waals surface area contributed by atoms with E-state index in [4.69, 9.17) is 0 Å². The fourth-order valence-corrected chi connectivity index (χ4v) is 2.00. The van der Waals surface area contributed by atoms with Crippen molar-refractivity contribution in [2.45, 2.75) is 20.3 Å². The fraction of sp³-hybridized carbons (Fsp3) is 0.769. The van der Waals surface area contributed by atoms with Gasteiger partial charge in [-0.25, -0.2) is 0 Å². The summed E-state index contributed by atoms with van der Waals surface area (Å²) in [5, 5.41) is 0. The molecule has 1 fully saturated rings. The predicted octanol–water partition coefficient (Wildman–Crippen LogP) is 2.04. The molecule has 0 unspecified atom stereocenters. The summed E-state index contributed by atoms with van der Waals surface area (Å²) >= 11 is 0. The summed E-state index contributed by atoms with van der Waals surface area (Å²) in [4.78, 5) is 5.02. The van der Waals surface area contributed by atoms with Crippen molar-refractivity contribution >= 4 is 0 Å². The fourth-order valence-electron chi connectivity index (χ4n) is 2.00. The van der Waals surface area contributed by atoms with Gasteiger partial charge in [-0.05, 0) is 11.8 Å². The molecule has 87 valence electrons. The van der Waals surface area contributed by atoms with Gasteiger partial charge in [0.25, 0.3) is 0 Å². The Morgan fingerprint density at radius 1 is 1.13 bits per heavy atom. The zero-order valence-corrected chi connectivity index (χ0v) is 10.3. The molecule has 0 amide bonds. The molecule has 1 saturated heterocycles. The maximum Gasteiger partial charge on any atom is 0.0161 e. The van der Waals surface area contributed by atoms with Gasteiger partial charge in [-0.1, -0.05) is 26.8 Å². The van der Waals surface area contributed by atoms with Crippen LogP contribution in [0.15, 0.2) is 12.7 Å². The SMILES string of the molecule is [CH2]CC(C)(C)CN1CCN(CC=C)CC1. The van der Waals surface area contributed by atoms with E-state index in [1.165, 1.54) is 32.7 Å². The van der Waals surface area contributed by atoms with E-state index in [1.807, 2.05) is 6.08 Å². The van der Waals surface area contributed by atoms with Gasteiger partial charge in [-0.3, -0.25) is 4.90 Å². The van der Waals surface area contributed by atoms with Crippen molar-refractivity contribution < 1.29 is 0 Å². The van der Waals surface area contributed by atoms with Crippen LogP contribution in [0, 0.1) is 12.3 Å². The Hall–Kier alpha value is -0.340. The molecular formula is C13H25N2. The van der Waals surface area contributed by atoms with E-state index >= 15 is 0 Å². The van der Waals surface area contributed by atoms with Crippen molar-refractivity contribution in [2.75, 3.05) is 39.3 Å². The van der Waals surface area contributed by atoms with Crippen LogP contribution in [0.3, 0.4) is 0 Å². The second kappa shape index (κ2) is 5.66. The van der Waals surface area contributed by atoms with Crippen LogP contribution in [0.1, 0.15) is 20.3 Å². The van der Waals surface area contributed by atoms with E-state index in [0.29, 0.717) is 5.41 Å². The van der Waals surface area contributed by atoms with Gasteiger partial charge in [0.2, 0.25) is 0 Å². The molecule has 0 spiro atoms. The van der Waals surface area contributed by atoms with Crippen molar-refractivity contribution in [2.24, 2.45) is 5.41 Å². The van der Waals surface area contributed by atoms with E-state index < -0.39 is 0 Å². The van der Waals surface area contributed by atoms with Gasteiger partial charge in [-0.2, -0.15) is 0 Å². The van der Waals surface area contributed by atoms with E-state index in [0.717, 1.165) is 13.0 Å². The molecule has 0 atom stereocenters. The highest BCUT2D eigenvalue weighted by molar-refractivity contribution is 4.81. The molecule has 1 rings (SSSR count). The highest BCUT2D eigenvalue weighted by Gasteiger charge is 2.22. The number of nitrogens with zero attached hydrogens (tertiary/aromatic N) is 2. The second-order valence-electron chi connectivity index (χ2n) is 5.28. The Kier molecular flexibility index (Phi) is 4.81. The third-order valence-electron chi connectivity index (χ3n) is 3.18. The monoisotopic (exact) mass is 209 g/mol. The lowest BCUT2D eigenvalue weighted by Crippen LogP contribution is -2.48. The standard InChI is InChI=1S/C13H25N2/c1-5-7-14-8-10-15(11-9-14)12-13(3,4)6-2/h5H,1-2,6-12H2,3-4H3. The average molecular weight is 209 g/mol. The smallest absolute Gasteiger partial charge is 0.0161 e. The Balaban J connectivity index is 2.28. The zero-order valence-electron chi connectivity index (χ0n) is 10.3. The topological polar surface area (TPSA) is 6.48 Å². The number of piperazine rings is 1. The molecule has 0 aromatic heterocycles. The molecule has 1 radical (unpaired) electrons. The summed E-state index contributed by atoms with van der Waals surface area (Å²) in [5.74, 6) is 0. The molecule has 1 heterocycles. The molecule has 15 heavy (non-hydrogen) atoms. The Bertz CT molecular complexity index is 191. The van der Waals surface area contributed by atoms with Crippen LogP contribution in [0.5, 0.6) is 0 Å². The maximum atomic E-state index is 4.02. The molecule has 2 heteroatoms. The molecule has 2 nitrogen and oxygen atoms in total. The molecule has 0 bridgehead atoms. The van der Waals surface area contributed by atoms with Gasteiger partial charge in [0.15, 0.2) is 0 Å². The quantitative estimate of drug-likeness (QED) is 0.639. The molecule has 0 saturated carbocycles. The van der Waals surface area contributed by atoms with Crippen molar-refractivity contribution in [1.82, 2.24) is 9.80 Å². The summed E-state index contributed by atoms with van der Waals surface area (Å²) in [6, 6.07) is 0. The largest absolute Gasteiger partial charge is 0.300 e. The highest BCUT2D eigenvalue weighted by atomic mass is 15.3. The van der Waals surface area contributed by atoms with Crippen LogP contribution in [-0.2, 0) is 0 Å². The van der Waals surface area contributed by atoms with Crippen LogP contribution in [0.4, 0.5) is 0 Å². The predicted molar refractivity (Wildman–Crippen MR) is 66.8 cm³/mol. The average Bonchev–Trinajstić information content (AvgIpc) is 2.21. The second-order valence-corrected chi connectivity index (χ2v) is 5.28. The summed E-state index contributed by atoms with van der Waals surface area (Å²) in [6.07, 6.45) is 3.01. The first-order valence-corrected chi connectivity index (χ1v) is 5.92. The number of hydrogen-bond acceptors (Lipinski definition) is 2. The molecule has 1 aliphatic rings. The Morgan fingerprint density at radius 3 is 2.13 bits per heavy atom. The first-order chi connectivity index (χ1) is 7.07. The van der Waals surface area contributed by atoms with Crippen LogP contribution in [0.2, 0.25) is 0 Å². The van der Waals surface area contributed by atoms with Gasteiger partial charge in [0.05, 0.1) is 0 Å². The number of rotatable bonds is 5. The van der Waals surface area contributed by atoms with Crippen molar-refractivity contribution in [3.8, 4) is 0 Å². The van der Waals surface area contributed by atoms with Crippen LogP contribution < -0.4 is 0 Å². The lowest BCUT2D eigenvalue weighted by molar-refractivity contribution is 0.104. The Morgan fingerprint density at radius 2 is 1.67 bits per heavy atom. The van der Waals surface area contributed by atoms with Crippen LogP contribution >= 0.6 is 0 Å². The third-order valence-corrected chi connectivity index (χ3v) is 3.18. The highest BCUT2D eigenvalue weighted by Crippen LogP contribution is 2.21. The molecule has 0 aromatic carbocycles. The molecule has 1 aliphatic heterocycles. The van der Waals surface area contributed by atoms with Crippen molar-refractivity contribution in [3.63, 3.8) is 0 Å². The van der Waals surface area contributed by atoms with Crippen molar-refractivity contribution in [3.05, 3.63) is 19.6 Å². The summed E-state index contributed by atoms with van der Waals surface area (Å²) in [5.41, 5.74) is 0.362. The molecule has 0 aliphatic carbocycles. The van der Waals surface area contributed by atoms with Crippen LogP contribution in [0.25, 0.3) is 0 Å². The summed E-state index contributed by atoms with van der Waals surface area (Å²) in [7, 11) is 0. The normalized spacial score (nSPS) is 20.5. The van der Waals surface area contributed by atoms with Gasteiger partial charge >= 0.3 is 0 Å². The zero-order chi connectivity index (χ0) is 11.3. The van der Waals surface area contributed by atoms with Gasteiger partial charge in [-0.15, -0.1) is 6.58 Å². The molecule has 0 N–H and O–H groups in total. The van der Waals surface area contributed by atoms with Gasteiger partial charge < -0.3 is 4.90 Å². The Labute approximate surface area is 94.9 Å². The lowest BCUT2D eigenvalue weighted by Gasteiger charge is -2.38. The van der Waals surface area contributed by atoms with Gasteiger partial charge in [0, 0.05) is 39.3 Å². The maximum absolute atomic E-state index is 4.02. The van der Waals surface area contributed by atoms with E-state index in [-0.39, 0.29) is 0 Å². The van der Waals surface area contributed by atoms with E-state index in [9.17, 15) is 0 Å². The minimum Gasteiger partial charge on any atom is -0.300 e. The summed E-state index contributed by atoms with van der Waals surface area (Å²) in [6.45, 7) is 19.4. The first-order valence-electron chi connectivity index (χ1n) is 5.92.